The first-order valence-electron chi connectivity index (χ1n) is 6.81. The SMILES string of the molecule is Cc1cccc(C(NN)c2cc3ccc(F)cc3s2)c1C. The van der Waals surface area contributed by atoms with E-state index in [4.69, 9.17) is 5.84 Å². The summed E-state index contributed by atoms with van der Waals surface area (Å²) in [5.74, 6) is 5.58. The molecule has 1 unspecified atom stereocenters. The summed E-state index contributed by atoms with van der Waals surface area (Å²) in [6.07, 6.45) is 0. The molecule has 0 aliphatic heterocycles. The van der Waals surface area contributed by atoms with E-state index >= 15 is 0 Å². The van der Waals surface area contributed by atoms with Crippen molar-refractivity contribution < 1.29 is 4.39 Å². The predicted molar refractivity (Wildman–Crippen MR) is 86.9 cm³/mol. The van der Waals surface area contributed by atoms with Crippen LogP contribution in [0.25, 0.3) is 10.1 Å². The van der Waals surface area contributed by atoms with Crippen LogP contribution in [0, 0.1) is 19.7 Å². The van der Waals surface area contributed by atoms with Crippen LogP contribution in [0.15, 0.2) is 42.5 Å². The van der Waals surface area contributed by atoms with Gasteiger partial charge in [0.1, 0.15) is 5.82 Å². The number of hydrazine groups is 1. The number of hydrogen-bond acceptors (Lipinski definition) is 3. The summed E-state index contributed by atoms with van der Waals surface area (Å²) >= 11 is 1.57. The molecule has 2 aromatic carbocycles. The van der Waals surface area contributed by atoms with Crippen LogP contribution in [0.5, 0.6) is 0 Å². The smallest absolute Gasteiger partial charge is 0.124 e. The van der Waals surface area contributed by atoms with Gasteiger partial charge in [-0.05, 0) is 54.1 Å². The van der Waals surface area contributed by atoms with Crippen LogP contribution in [0.1, 0.15) is 27.6 Å². The van der Waals surface area contributed by atoms with Gasteiger partial charge in [-0.1, -0.05) is 24.3 Å². The Morgan fingerprint density at radius 1 is 1.14 bits per heavy atom. The van der Waals surface area contributed by atoms with E-state index in [0.717, 1.165) is 20.5 Å². The molecule has 0 amide bonds. The molecule has 4 heteroatoms. The van der Waals surface area contributed by atoms with Gasteiger partial charge in [-0.2, -0.15) is 0 Å². The van der Waals surface area contributed by atoms with Gasteiger partial charge in [-0.25, -0.2) is 9.82 Å². The largest absolute Gasteiger partial charge is 0.271 e. The van der Waals surface area contributed by atoms with Crippen LogP contribution in [-0.4, -0.2) is 0 Å². The van der Waals surface area contributed by atoms with Gasteiger partial charge in [0.15, 0.2) is 0 Å². The van der Waals surface area contributed by atoms with Crippen molar-refractivity contribution in [3.05, 3.63) is 69.8 Å². The fourth-order valence-electron chi connectivity index (χ4n) is 2.58. The molecule has 0 aliphatic rings. The molecule has 0 saturated heterocycles. The molecule has 1 aromatic heterocycles. The summed E-state index contributed by atoms with van der Waals surface area (Å²) in [6.45, 7) is 4.19. The standard InChI is InChI=1S/C17H17FN2S/c1-10-4-3-5-14(11(10)2)17(20-19)16-8-12-6-7-13(18)9-15(12)21-16/h3-9,17,20H,19H2,1-2H3. The highest BCUT2D eigenvalue weighted by molar-refractivity contribution is 7.19. The molecule has 0 spiro atoms. The number of thiophene rings is 1. The number of aryl methyl sites for hydroxylation is 1. The van der Waals surface area contributed by atoms with Gasteiger partial charge in [0.2, 0.25) is 0 Å². The van der Waals surface area contributed by atoms with Crippen molar-refractivity contribution in [1.82, 2.24) is 5.43 Å². The number of fused-ring (bicyclic) bond motifs is 1. The van der Waals surface area contributed by atoms with E-state index in [9.17, 15) is 4.39 Å². The number of rotatable bonds is 3. The number of nitrogens with one attached hydrogen (secondary N) is 1. The summed E-state index contributed by atoms with van der Waals surface area (Å²) in [5.41, 5.74) is 6.51. The van der Waals surface area contributed by atoms with Crippen LogP contribution in [0.3, 0.4) is 0 Å². The minimum absolute atomic E-state index is 0.0784. The van der Waals surface area contributed by atoms with Gasteiger partial charge in [-0.3, -0.25) is 5.84 Å². The Balaban J connectivity index is 2.11. The van der Waals surface area contributed by atoms with Crippen molar-refractivity contribution in [2.24, 2.45) is 5.84 Å². The van der Waals surface area contributed by atoms with Gasteiger partial charge in [0, 0.05) is 9.58 Å². The zero-order valence-electron chi connectivity index (χ0n) is 12.0. The Kier molecular flexibility index (Phi) is 3.76. The Labute approximate surface area is 127 Å². The number of benzene rings is 2. The van der Waals surface area contributed by atoms with E-state index in [2.05, 4.69) is 37.5 Å². The Morgan fingerprint density at radius 3 is 2.71 bits per heavy atom. The highest BCUT2D eigenvalue weighted by Crippen LogP contribution is 2.34. The molecule has 3 N–H and O–H groups in total. The number of hydrogen-bond donors (Lipinski definition) is 2. The molecule has 0 radical (unpaired) electrons. The minimum atomic E-state index is -0.208. The highest BCUT2D eigenvalue weighted by atomic mass is 32.1. The molecule has 1 heterocycles. The topological polar surface area (TPSA) is 38.0 Å². The van der Waals surface area contributed by atoms with Crippen LogP contribution in [-0.2, 0) is 0 Å². The first-order valence-corrected chi connectivity index (χ1v) is 7.63. The molecule has 3 aromatic rings. The summed E-state index contributed by atoms with van der Waals surface area (Å²) in [4.78, 5) is 1.09. The van der Waals surface area contributed by atoms with Gasteiger partial charge >= 0.3 is 0 Å². The molecule has 0 aliphatic carbocycles. The van der Waals surface area contributed by atoms with E-state index < -0.39 is 0 Å². The monoisotopic (exact) mass is 300 g/mol. The van der Waals surface area contributed by atoms with E-state index in [1.54, 1.807) is 23.5 Å². The lowest BCUT2D eigenvalue weighted by molar-refractivity contribution is 0.630. The fourth-order valence-corrected chi connectivity index (χ4v) is 3.75. The van der Waals surface area contributed by atoms with E-state index in [0.29, 0.717) is 0 Å². The van der Waals surface area contributed by atoms with Crippen molar-refractivity contribution >= 4 is 21.4 Å². The molecular weight excluding hydrogens is 283 g/mol. The summed E-state index contributed by atoms with van der Waals surface area (Å²) in [6, 6.07) is 13.1. The first-order chi connectivity index (χ1) is 10.1. The van der Waals surface area contributed by atoms with Gasteiger partial charge in [-0.15, -0.1) is 11.3 Å². The zero-order chi connectivity index (χ0) is 15.0. The Hall–Kier alpha value is -1.75. The lowest BCUT2D eigenvalue weighted by Crippen LogP contribution is -2.28. The summed E-state index contributed by atoms with van der Waals surface area (Å²) < 4.78 is 14.3. The van der Waals surface area contributed by atoms with Crippen molar-refractivity contribution in [2.45, 2.75) is 19.9 Å². The number of nitrogens with two attached hydrogens (primary N) is 1. The second-order valence-electron chi connectivity index (χ2n) is 5.22. The second-order valence-corrected chi connectivity index (χ2v) is 6.34. The van der Waals surface area contributed by atoms with Crippen molar-refractivity contribution in [2.75, 3.05) is 0 Å². The maximum Gasteiger partial charge on any atom is 0.124 e. The first kappa shape index (κ1) is 14.2. The fraction of sp³-hybridized carbons (Fsp3) is 0.176. The Bertz CT molecular complexity index is 795. The lowest BCUT2D eigenvalue weighted by atomic mass is 9.97. The molecule has 0 fully saturated rings. The molecule has 1 atom stereocenters. The molecular formula is C17H17FN2S. The van der Waals surface area contributed by atoms with Gasteiger partial charge in [0.25, 0.3) is 0 Å². The Morgan fingerprint density at radius 2 is 1.95 bits per heavy atom. The van der Waals surface area contributed by atoms with Crippen molar-refractivity contribution in [3.63, 3.8) is 0 Å². The van der Waals surface area contributed by atoms with E-state index in [-0.39, 0.29) is 11.9 Å². The average molecular weight is 300 g/mol. The maximum atomic E-state index is 13.3. The minimum Gasteiger partial charge on any atom is -0.271 e. The highest BCUT2D eigenvalue weighted by Gasteiger charge is 2.18. The van der Waals surface area contributed by atoms with Gasteiger partial charge in [0.05, 0.1) is 6.04 Å². The molecule has 108 valence electrons. The molecule has 0 bridgehead atoms. The third-order valence-electron chi connectivity index (χ3n) is 3.91. The summed E-state index contributed by atoms with van der Waals surface area (Å²) in [5, 5.41) is 1.04. The molecule has 3 rings (SSSR count). The van der Waals surface area contributed by atoms with Crippen molar-refractivity contribution in [3.8, 4) is 0 Å². The third-order valence-corrected chi connectivity index (χ3v) is 5.07. The third kappa shape index (κ3) is 2.58. The molecule has 0 saturated carbocycles. The van der Waals surface area contributed by atoms with Crippen LogP contribution < -0.4 is 11.3 Å². The molecule has 21 heavy (non-hydrogen) atoms. The van der Waals surface area contributed by atoms with E-state index in [1.807, 2.05) is 6.07 Å². The maximum absolute atomic E-state index is 13.3. The van der Waals surface area contributed by atoms with Crippen LogP contribution >= 0.6 is 11.3 Å². The van der Waals surface area contributed by atoms with Crippen molar-refractivity contribution in [1.29, 1.82) is 0 Å². The molecule has 2 nitrogen and oxygen atoms in total. The number of halogens is 1. The normalized spacial score (nSPS) is 12.8. The average Bonchev–Trinajstić information content (AvgIpc) is 2.87. The van der Waals surface area contributed by atoms with E-state index in [1.165, 1.54) is 17.2 Å². The van der Waals surface area contributed by atoms with Gasteiger partial charge < -0.3 is 0 Å². The summed E-state index contributed by atoms with van der Waals surface area (Å²) in [7, 11) is 0. The second kappa shape index (κ2) is 5.56. The van der Waals surface area contributed by atoms with Crippen LogP contribution in [0.2, 0.25) is 0 Å². The lowest BCUT2D eigenvalue weighted by Gasteiger charge is -2.18. The quantitative estimate of drug-likeness (QED) is 0.561. The zero-order valence-corrected chi connectivity index (χ0v) is 12.8. The predicted octanol–water partition coefficient (Wildman–Crippen LogP) is 4.21. The van der Waals surface area contributed by atoms with Crippen LogP contribution in [0.4, 0.5) is 4.39 Å².